The van der Waals surface area contributed by atoms with Gasteiger partial charge in [0.15, 0.2) is 0 Å². The summed E-state index contributed by atoms with van der Waals surface area (Å²) >= 11 is 0. The molecule has 0 aliphatic heterocycles. The number of hydrogen-bond acceptors (Lipinski definition) is 2. The third-order valence-corrected chi connectivity index (χ3v) is 3.02. The second kappa shape index (κ2) is 4.90. The number of nitrogens with two attached hydrogens (primary N) is 1. The van der Waals surface area contributed by atoms with E-state index < -0.39 is 0 Å². The molecule has 0 spiro atoms. The Kier molecular flexibility index (Phi) is 3.50. The van der Waals surface area contributed by atoms with E-state index in [2.05, 4.69) is 35.9 Å². The lowest BCUT2D eigenvalue weighted by atomic mass is 10.1. The van der Waals surface area contributed by atoms with E-state index in [1.807, 2.05) is 13.8 Å². The van der Waals surface area contributed by atoms with Gasteiger partial charge < -0.3 is 15.0 Å². The monoisotopic (exact) mass is 232 g/mol. The van der Waals surface area contributed by atoms with Crippen molar-refractivity contribution >= 4 is 10.9 Å². The van der Waals surface area contributed by atoms with E-state index in [0.29, 0.717) is 13.2 Å². The maximum absolute atomic E-state index is 5.77. The molecule has 17 heavy (non-hydrogen) atoms. The third kappa shape index (κ3) is 2.35. The molecule has 0 saturated carbocycles. The van der Waals surface area contributed by atoms with Crippen LogP contribution in [0.3, 0.4) is 0 Å². The van der Waals surface area contributed by atoms with Gasteiger partial charge in [-0.15, -0.1) is 0 Å². The van der Waals surface area contributed by atoms with Crippen LogP contribution in [0.1, 0.15) is 25.1 Å². The quantitative estimate of drug-likeness (QED) is 0.880. The normalized spacial score (nSPS) is 11.6. The Morgan fingerprint density at radius 2 is 2.12 bits per heavy atom. The van der Waals surface area contributed by atoms with Crippen LogP contribution in [0.2, 0.25) is 0 Å². The number of ether oxygens (including phenoxy) is 1. The number of aromatic nitrogens is 1. The third-order valence-electron chi connectivity index (χ3n) is 3.02. The summed E-state index contributed by atoms with van der Waals surface area (Å²) in [6, 6.07) is 8.43. The highest BCUT2D eigenvalue weighted by atomic mass is 16.5. The lowest BCUT2D eigenvalue weighted by Gasteiger charge is -2.09. The number of benzene rings is 1. The van der Waals surface area contributed by atoms with Gasteiger partial charge in [-0.25, -0.2) is 0 Å². The van der Waals surface area contributed by atoms with Crippen LogP contribution < -0.4 is 5.73 Å². The first kappa shape index (κ1) is 12.1. The molecular formula is C14H20N2O. The number of rotatable bonds is 4. The zero-order chi connectivity index (χ0) is 12.4. The average Bonchev–Trinajstić information content (AvgIpc) is 2.64. The molecule has 0 unspecified atom stereocenters. The molecular weight excluding hydrogens is 212 g/mol. The second-order valence-corrected chi connectivity index (χ2v) is 4.61. The van der Waals surface area contributed by atoms with Crippen molar-refractivity contribution in [3.05, 3.63) is 35.5 Å². The first-order chi connectivity index (χ1) is 8.13. The molecule has 0 fully saturated rings. The fraction of sp³-hybridized carbons (Fsp3) is 0.429. The predicted molar refractivity (Wildman–Crippen MR) is 70.7 cm³/mol. The van der Waals surface area contributed by atoms with Gasteiger partial charge in [0.1, 0.15) is 0 Å². The Morgan fingerprint density at radius 3 is 2.76 bits per heavy atom. The van der Waals surface area contributed by atoms with Crippen LogP contribution in [-0.4, -0.2) is 10.7 Å². The smallest absolute Gasteiger partial charge is 0.0871 e. The van der Waals surface area contributed by atoms with E-state index in [1.165, 1.54) is 22.2 Å². The Balaban J connectivity index is 2.42. The molecule has 0 amide bonds. The van der Waals surface area contributed by atoms with E-state index in [9.17, 15) is 0 Å². The van der Waals surface area contributed by atoms with Gasteiger partial charge in [0.25, 0.3) is 0 Å². The van der Waals surface area contributed by atoms with Crippen LogP contribution in [0.5, 0.6) is 0 Å². The van der Waals surface area contributed by atoms with Gasteiger partial charge in [-0.05, 0) is 25.5 Å². The molecule has 3 nitrogen and oxygen atoms in total. The first-order valence-corrected chi connectivity index (χ1v) is 6.01. The Bertz CT molecular complexity index is 514. The van der Waals surface area contributed by atoms with Gasteiger partial charge in [-0.2, -0.15) is 0 Å². The molecule has 2 rings (SSSR count). The van der Waals surface area contributed by atoms with Crippen LogP contribution in [0.15, 0.2) is 24.3 Å². The molecule has 0 bridgehead atoms. The predicted octanol–water partition coefficient (Wildman–Crippen LogP) is 2.56. The highest BCUT2D eigenvalue weighted by molar-refractivity contribution is 5.84. The standard InChI is InChI=1S/C14H20N2O/c1-10(2)17-9-13-7-11-5-4-6-12(8-15)14(11)16(13)3/h4-7,10H,8-9,15H2,1-3H3. The highest BCUT2D eigenvalue weighted by Crippen LogP contribution is 2.23. The van der Waals surface area contributed by atoms with E-state index in [1.54, 1.807) is 0 Å². The zero-order valence-electron chi connectivity index (χ0n) is 10.7. The second-order valence-electron chi connectivity index (χ2n) is 4.61. The highest BCUT2D eigenvalue weighted by Gasteiger charge is 2.09. The molecule has 1 aromatic carbocycles. The van der Waals surface area contributed by atoms with Crippen molar-refractivity contribution in [1.82, 2.24) is 4.57 Å². The van der Waals surface area contributed by atoms with Gasteiger partial charge in [-0.1, -0.05) is 18.2 Å². The fourth-order valence-corrected chi connectivity index (χ4v) is 2.11. The summed E-state index contributed by atoms with van der Waals surface area (Å²) in [5.74, 6) is 0. The Labute approximate surface area is 102 Å². The maximum atomic E-state index is 5.77. The molecule has 0 saturated heterocycles. The van der Waals surface area contributed by atoms with Crippen molar-refractivity contribution in [1.29, 1.82) is 0 Å². The SMILES string of the molecule is CC(C)OCc1cc2cccc(CN)c2n1C. The topological polar surface area (TPSA) is 40.2 Å². The Morgan fingerprint density at radius 1 is 1.35 bits per heavy atom. The molecule has 0 aliphatic rings. The summed E-state index contributed by atoms with van der Waals surface area (Å²) in [5, 5.41) is 1.23. The number of fused-ring (bicyclic) bond motifs is 1. The summed E-state index contributed by atoms with van der Waals surface area (Å²) in [6.45, 7) is 5.31. The molecule has 2 N–H and O–H groups in total. The number of para-hydroxylation sites is 1. The van der Waals surface area contributed by atoms with Gasteiger partial charge >= 0.3 is 0 Å². The minimum Gasteiger partial charge on any atom is -0.373 e. The van der Waals surface area contributed by atoms with E-state index in [4.69, 9.17) is 10.5 Å². The number of hydrogen-bond donors (Lipinski definition) is 1. The van der Waals surface area contributed by atoms with Crippen molar-refractivity contribution < 1.29 is 4.74 Å². The largest absolute Gasteiger partial charge is 0.373 e. The summed E-state index contributed by atoms with van der Waals surface area (Å²) < 4.78 is 7.84. The summed E-state index contributed by atoms with van der Waals surface area (Å²) in [7, 11) is 2.07. The molecule has 1 heterocycles. The molecule has 92 valence electrons. The van der Waals surface area contributed by atoms with Crippen LogP contribution in [0.4, 0.5) is 0 Å². The van der Waals surface area contributed by atoms with Crippen molar-refractivity contribution in [3.63, 3.8) is 0 Å². The van der Waals surface area contributed by atoms with Crippen LogP contribution >= 0.6 is 0 Å². The lowest BCUT2D eigenvalue weighted by Crippen LogP contribution is -2.06. The van der Waals surface area contributed by atoms with E-state index in [-0.39, 0.29) is 6.10 Å². The molecule has 1 aromatic heterocycles. The fourth-order valence-electron chi connectivity index (χ4n) is 2.11. The maximum Gasteiger partial charge on any atom is 0.0871 e. The summed E-state index contributed by atoms with van der Waals surface area (Å²) in [5.41, 5.74) is 9.36. The molecule has 0 atom stereocenters. The molecule has 0 aliphatic carbocycles. The van der Waals surface area contributed by atoms with E-state index in [0.717, 1.165) is 0 Å². The van der Waals surface area contributed by atoms with Crippen molar-refractivity contribution in [2.24, 2.45) is 12.8 Å². The van der Waals surface area contributed by atoms with Gasteiger partial charge in [0.2, 0.25) is 0 Å². The van der Waals surface area contributed by atoms with Crippen LogP contribution in [0, 0.1) is 0 Å². The van der Waals surface area contributed by atoms with Crippen molar-refractivity contribution in [3.8, 4) is 0 Å². The minimum absolute atomic E-state index is 0.252. The lowest BCUT2D eigenvalue weighted by molar-refractivity contribution is 0.0624. The molecule has 3 heteroatoms. The minimum atomic E-state index is 0.252. The average molecular weight is 232 g/mol. The van der Waals surface area contributed by atoms with Gasteiger partial charge in [0.05, 0.1) is 18.2 Å². The van der Waals surface area contributed by atoms with E-state index >= 15 is 0 Å². The Hall–Kier alpha value is -1.32. The summed E-state index contributed by atoms with van der Waals surface area (Å²) in [4.78, 5) is 0. The number of aryl methyl sites for hydroxylation is 1. The summed E-state index contributed by atoms with van der Waals surface area (Å²) in [6.07, 6.45) is 0.252. The van der Waals surface area contributed by atoms with Crippen LogP contribution in [0.25, 0.3) is 10.9 Å². The van der Waals surface area contributed by atoms with Gasteiger partial charge in [-0.3, -0.25) is 0 Å². The first-order valence-electron chi connectivity index (χ1n) is 6.01. The molecule has 0 radical (unpaired) electrons. The van der Waals surface area contributed by atoms with Crippen LogP contribution in [-0.2, 0) is 24.9 Å². The zero-order valence-corrected chi connectivity index (χ0v) is 10.7. The molecule has 2 aromatic rings. The number of nitrogens with zero attached hydrogens (tertiary/aromatic N) is 1. The van der Waals surface area contributed by atoms with Crippen molar-refractivity contribution in [2.45, 2.75) is 33.1 Å². The van der Waals surface area contributed by atoms with Crippen molar-refractivity contribution in [2.75, 3.05) is 0 Å². The van der Waals surface area contributed by atoms with Gasteiger partial charge in [0, 0.05) is 24.7 Å².